The monoisotopic (exact) mass is 381 g/mol. The highest BCUT2D eigenvalue weighted by molar-refractivity contribution is 14.0. The van der Waals surface area contributed by atoms with Crippen LogP contribution in [0.1, 0.15) is 20.3 Å². The summed E-state index contributed by atoms with van der Waals surface area (Å²) in [6, 6.07) is 0.552. The molecule has 4 atom stereocenters. The van der Waals surface area contributed by atoms with E-state index in [4.69, 9.17) is 4.74 Å². The molecule has 1 aliphatic carbocycles. The zero-order valence-corrected chi connectivity index (χ0v) is 14.4. The van der Waals surface area contributed by atoms with E-state index in [1.807, 2.05) is 0 Å². The molecule has 1 aliphatic heterocycles. The van der Waals surface area contributed by atoms with Gasteiger partial charge in [-0.2, -0.15) is 0 Å². The average molecular weight is 381 g/mol. The van der Waals surface area contributed by atoms with E-state index in [1.54, 1.807) is 7.05 Å². The number of ether oxygens (including phenoxy) is 1. The van der Waals surface area contributed by atoms with Gasteiger partial charge in [0.1, 0.15) is 0 Å². The predicted octanol–water partition coefficient (Wildman–Crippen LogP) is 1.33. The fourth-order valence-corrected chi connectivity index (χ4v) is 2.58. The van der Waals surface area contributed by atoms with Crippen LogP contribution in [-0.2, 0) is 9.53 Å². The van der Waals surface area contributed by atoms with Gasteiger partial charge in [-0.15, -0.1) is 24.0 Å². The minimum atomic E-state index is -0.111. The first-order chi connectivity index (χ1) is 8.56. The SMILES string of the molecule is CN=C(NC1CC1C)N1CC(C)C(C(=O)OC)C1.I. The van der Waals surface area contributed by atoms with Crippen molar-refractivity contribution in [1.29, 1.82) is 0 Å². The molecule has 4 unspecified atom stereocenters. The molecule has 19 heavy (non-hydrogen) atoms. The summed E-state index contributed by atoms with van der Waals surface area (Å²) in [7, 11) is 3.25. The number of likely N-dealkylation sites (tertiary alicyclic amines) is 1. The van der Waals surface area contributed by atoms with Gasteiger partial charge in [-0.1, -0.05) is 13.8 Å². The molecule has 0 aromatic carbocycles. The number of nitrogens with one attached hydrogen (secondary N) is 1. The molecule has 1 saturated heterocycles. The molecule has 1 heterocycles. The molecule has 0 spiro atoms. The van der Waals surface area contributed by atoms with Crippen molar-refractivity contribution in [3.8, 4) is 0 Å². The predicted molar refractivity (Wildman–Crippen MR) is 85.7 cm³/mol. The molecule has 1 saturated carbocycles. The van der Waals surface area contributed by atoms with Gasteiger partial charge in [0, 0.05) is 26.2 Å². The Balaban J connectivity index is 0.00000180. The van der Waals surface area contributed by atoms with Crippen LogP contribution >= 0.6 is 24.0 Å². The quantitative estimate of drug-likeness (QED) is 0.340. The van der Waals surface area contributed by atoms with E-state index in [0.717, 1.165) is 18.4 Å². The molecule has 1 N–H and O–H groups in total. The number of hydrogen-bond acceptors (Lipinski definition) is 3. The van der Waals surface area contributed by atoms with Crippen molar-refractivity contribution in [2.75, 3.05) is 27.2 Å². The molecule has 110 valence electrons. The summed E-state index contributed by atoms with van der Waals surface area (Å²) in [4.78, 5) is 18.1. The van der Waals surface area contributed by atoms with Crippen molar-refractivity contribution in [3.05, 3.63) is 0 Å². The van der Waals surface area contributed by atoms with E-state index >= 15 is 0 Å². The second-order valence-corrected chi connectivity index (χ2v) is 5.52. The van der Waals surface area contributed by atoms with Crippen molar-refractivity contribution < 1.29 is 9.53 Å². The fourth-order valence-electron chi connectivity index (χ4n) is 2.58. The molecule has 0 aromatic rings. The lowest BCUT2D eigenvalue weighted by molar-refractivity contribution is -0.145. The van der Waals surface area contributed by atoms with Crippen molar-refractivity contribution in [2.24, 2.45) is 22.7 Å². The van der Waals surface area contributed by atoms with Crippen LogP contribution in [0, 0.1) is 17.8 Å². The van der Waals surface area contributed by atoms with Gasteiger partial charge in [-0.25, -0.2) is 0 Å². The number of esters is 1. The van der Waals surface area contributed by atoms with Gasteiger partial charge in [0.15, 0.2) is 5.96 Å². The first-order valence-electron chi connectivity index (χ1n) is 6.63. The number of halogens is 1. The summed E-state index contributed by atoms with van der Waals surface area (Å²) in [6.45, 7) is 5.89. The molecule has 2 fully saturated rings. The lowest BCUT2D eigenvalue weighted by atomic mass is 9.99. The van der Waals surface area contributed by atoms with E-state index in [1.165, 1.54) is 13.5 Å². The minimum Gasteiger partial charge on any atom is -0.469 e. The van der Waals surface area contributed by atoms with E-state index in [2.05, 4.69) is 29.1 Å². The van der Waals surface area contributed by atoms with Crippen LogP contribution in [0.15, 0.2) is 4.99 Å². The van der Waals surface area contributed by atoms with Crippen molar-refractivity contribution in [1.82, 2.24) is 10.2 Å². The molecule has 2 aliphatic rings. The van der Waals surface area contributed by atoms with Gasteiger partial charge in [-0.05, 0) is 18.3 Å². The number of methoxy groups -OCH3 is 1. The Morgan fingerprint density at radius 3 is 2.42 bits per heavy atom. The summed E-state index contributed by atoms with van der Waals surface area (Å²) < 4.78 is 4.85. The molecule has 0 amide bonds. The van der Waals surface area contributed by atoms with Gasteiger partial charge in [0.05, 0.1) is 13.0 Å². The second kappa shape index (κ2) is 6.76. The number of carbonyl (C=O) groups is 1. The van der Waals surface area contributed by atoms with E-state index in [-0.39, 0.29) is 35.9 Å². The average Bonchev–Trinajstić information content (AvgIpc) is 2.91. The van der Waals surface area contributed by atoms with Gasteiger partial charge < -0.3 is 15.0 Å². The fraction of sp³-hybridized carbons (Fsp3) is 0.846. The molecular weight excluding hydrogens is 357 g/mol. The normalized spacial score (nSPS) is 33.7. The third kappa shape index (κ3) is 3.73. The van der Waals surface area contributed by atoms with Gasteiger partial charge in [0.2, 0.25) is 0 Å². The largest absolute Gasteiger partial charge is 0.469 e. The Hall–Kier alpha value is -0.530. The summed E-state index contributed by atoms with van der Waals surface area (Å²) in [6.07, 6.45) is 1.21. The minimum absolute atomic E-state index is 0. The van der Waals surface area contributed by atoms with Gasteiger partial charge in [-0.3, -0.25) is 9.79 Å². The molecule has 0 aromatic heterocycles. The van der Waals surface area contributed by atoms with Crippen LogP contribution in [0.2, 0.25) is 0 Å². The first kappa shape index (κ1) is 16.5. The molecular formula is C13H24IN3O2. The van der Waals surface area contributed by atoms with Crippen LogP contribution in [0.5, 0.6) is 0 Å². The Morgan fingerprint density at radius 2 is 1.95 bits per heavy atom. The van der Waals surface area contributed by atoms with Gasteiger partial charge >= 0.3 is 5.97 Å². The Morgan fingerprint density at radius 1 is 1.32 bits per heavy atom. The lowest BCUT2D eigenvalue weighted by Crippen LogP contribution is -2.42. The molecule has 0 radical (unpaired) electrons. The summed E-state index contributed by atoms with van der Waals surface area (Å²) in [5.41, 5.74) is 0. The maximum Gasteiger partial charge on any atom is 0.310 e. The van der Waals surface area contributed by atoms with E-state index in [0.29, 0.717) is 18.5 Å². The summed E-state index contributed by atoms with van der Waals surface area (Å²) >= 11 is 0. The summed E-state index contributed by atoms with van der Waals surface area (Å²) in [5.74, 6) is 1.82. The topological polar surface area (TPSA) is 53.9 Å². The van der Waals surface area contributed by atoms with Crippen molar-refractivity contribution in [3.63, 3.8) is 0 Å². The van der Waals surface area contributed by atoms with Crippen molar-refractivity contribution in [2.45, 2.75) is 26.3 Å². The van der Waals surface area contributed by atoms with Crippen molar-refractivity contribution >= 4 is 35.9 Å². The van der Waals surface area contributed by atoms with E-state index < -0.39 is 0 Å². The first-order valence-corrected chi connectivity index (χ1v) is 6.63. The van der Waals surface area contributed by atoms with Gasteiger partial charge in [0.25, 0.3) is 0 Å². The third-order valence-electron chi connectivity index (χ3n) is 4.05. The third-order valence-corrected chi connectivity index (χ3v) is 4.05. The Kier molecular flexibility index (Phi) is 5.88. The van der Waals surface area contributed by atoms with Crippen LogP contribution in [-0.4, -0.2) is 50.1 Å². The molecule has 5 nitrogen and oxygen atoms in total. The van der Waals surface area contributed by atoms with Crippen LogP contribution in [0.25, 0.3) is 0 Å². The lowest BCUT2D eigenvalue weighted by Gasteiger charge is -2.21. The zero-order valence-electron chi connectivity index (χ0n) is 12.0. The zero-order chi connectivity index (χ0) is 13.3. The van der Waals surface area contributed by atoms with E-state index in [9.17, 15) is 4.79 Å². The van der Waals surface area contributed by atoms with Crippen LogP contribution < -0.4 is 5.32 Å². The number of carbonyl (C=O) groups excluding carboxylic acids is 1. The number of aliphatic imine (C=N–C) groups is 1. The maximum absolute atomic E-state index is 11.7. The number of rotatable bonds is 2. The molecule has 2 rings (SSSR count). The molecule has 6 heteroatoms. The highest BCUT2D eigenvalue weighted by Gasteiger charge is 2.39. The second-order valence-electron chi connectivity index (χ2n) is 5.52. The highest BCUT2D eigenvalue weighted by Crippen LogP contribution is 2.30. The van der Waals surface area contributed by atoms with Crippen LogP contribution in [0.3, 0.4) is 0 Å². The van der Waals surface area contributed by atoms with Crippen LogP contribution in [0.4, 0.5) is 0 Å². The number of hydrogen-bond donors (Lipinski definition) is 1. The Labute approximate surface area is 132 Å². The smallest absolute Gasteiger partial charge is 0.310 e. The highest BCUT2D eigenvalue weighted by atomic mass is 127. The number of nitrogens with zero attached hydrogens (tertiary/aromatic N) is 2. The standard InChI is InChI=1S/C13H23N3O2.HI/c1-8-5-11(8)15-13(14-3)16-6-9(2)10(7-16)12(17)18-4;/h8-11H,5-7H2,1-4H3,(H,14,15);1H. The number of guanidine groups is 1. The summed E-state index contributed by atoms with van der Waals surface area (Å²) in [5, 5.41) is 3.45. The maximum atomic E-state index is 11.7. The Bertz CT molecular complexity index is 362. The molecule has 0 bridgehead atoms.